The van der Waals surface area contributed by atoms with E-state index >= 15 is 0 Å². The summed E-state index contributed by atoms with van der Waals surface area (Å²) in [4.78, 5) is 18.9. The van der Waals surface area contributed by atoms with Gasteiger partial charge in [-0.1, -0.05) is 0 Å². The summed E-state index contributed by atoms with van der Waals surface area (Å²) >= 11 is 0. The first-order chi connectivity index (χ1) is 11.2. The predicted molar refractivity (Wildman–Crippen MR) is 87.8 cm³/mol. The number of hydrogen-bond acceptors (Lipinski definition) is 3. The first kappa shape index (κ1) is 15.8. The zero-order valence-corrected chi connectivity index (χ0v) is 13.8. The van der Waals surface area contributed by atoms with Gasteiger partial charge in [-0.05, 0) is 38.7 Å². The van der Waals surface area contributed by atoms with E-state index in [4.69, 9.17) is 0 Å². The van der Waals surface area contributed by atoms with Gasteiger partial charge in [0.15, 0.2) is 0 Å². The maximum Gasteiger partial charge on any atom is 0.222 e. The highest BCUT2D eigenvalue weighted by molar-refractivity contribution is 5.76. The number of nitrogens with zero attached hydrogens (tertiary/aromatic N) is 5. The lowest BCUT2D eigenvalue weighted by Crippen LogP contribution is -2.45. The molecule has 1 atom stereocenters. The van der Waals surface area contributed by atoms with E-state index in [2.05, 4.69) is 19.5 Å². The van der Waals surface area contributed by atoms with Crippen molar-refractivity contribution in [2.24, 2.45) is 0 Å². The van der Waals surface area contributed by atoms with Crippen LogP contribution in [0.25, 0.3) is 0 Å². The van der Waals surface area contributed by atoms with Crippen LogP contribution in [0.4, 0.5) is 0 Å². The fourth-order valence-electron chi connectivity index (χ4n) is 3.33. The van der Waals surface area contributed by atoms with Crippen molar-refractivity contribution in [2.75, 3.05) is 6.54 Å². The van der Waals surface area contributed by atoms with Crippen LogP contribution in [0.2, 0.25) is 0 Å². The van der Waals surface area contributed by atoms with Gasteiger partial charge in [0.25, 0.3) is 0 Å². The number of aromatic nitrogens is 4. The highest BCUT2D eigenvalue weighted by atomic mass is 16.2. The van der Waals surface area contributed by atoms with Gasteiger partial charge in [-0.3, -0.25) is 9.48 Å². The molecule has 0 spiro atoms. The third-order valence-corrected chi connectivity index (χ3v) is 4.62. The number of likely N-dealkylation sites (tertiary alicyclic amines) is 1. The van der Waals surface area contributed by atoms with Crippen molar-refractivity contribution < 1.29 is 4.79 Å². The summed E-state index contributed by atoms with van der Waals surface area (Å²) in [6.45, 7) is 4.54. The number of imidazole rings is 1. The van der Waals surface area contributed by atoms with Crippen molar-refractivity contribution in [3.63, 3.8) is 0 Å². The number of carbonyl (C=O) groups excluding carboxylic acids is 1. The summed E-state index contributed by atoms with van der Waals surface area (Å²) in [5.74, 6) is 1.28. The quantitative estimate of drug-likeness (QED) is 0.821. The van der Waals surface area contributed by atoms with Gasteiger partial charge >= 0.3 is 0 Å². The molecule has 0 saturated carbocycles. The Kier molecular flexibility index (Phi) is 5.10. The first-order valence-corrected chi connectivity index (χ1v) is 8.48. The minimum atomic E-state index is 0.277. The van der Waals surface area contributed by atoms with Crippen LogP contribution in [0.1, 0.15) is 37.9 Å². The fraction of sp³-hybridized carbons (Fsp3) is 0.588. The second-order valence-corrected chi connectivity index (χ2v) is 6.24. The Morgan fingerprint density at radius 1 is 1.30 bits per heavy atom. The van der Waals surface area contributed by atoms with Crippen LogP contribution in [0.15, 0.2) is 30.9 Å². The molecule has 3 rings (SSSR count). The molecule has 1 aliphatic rings. The lowest BCUT2D eigenvalue weighted by atomic mass is 10.0. The lowest BCUT2D eigenvalue weighted by Gasteiger charge is -2.36. The van der Waals surface area contributed by atoms with E-state index in [9.17, 15) is 4.79 Å². The third kappa shape index (κ3) is 4.00. The standard InChI is InChI=1S/C17H25N5O/c1-15-18-9-13-20(15)10-4-7-17(23)22-12-3-2-6-16(22)14-21-11-5-8-19-21/h5,8-9,11,13,16H,2-4,6-7,10,12,14H2,1H3/t16-/m0/s1. The van der Waals surface area contributed by atoms with Crippen molar-refractivity contribution >= 4 is 5.91 Å². The normalized spacial score (nSPS) is 18.3. The van der Waals surface area contributed by atoms with Gasteiger partial charge in [0.05, 0.1) is 12.6 Å². The Morgan fingerprint density at radius 3 is 2.96 bits per heavy atom. The average molecular weight is 315 g/mol. The molecule has 1 saturated heterocycles. The molecule has 1 fully saturated rings. The monoisotopic (exact) mass is 315 g/mol. The van der Waals surface area contributed by atoms with E-state index in [0.29, 0.717) is 6.42 Å². The van der Waals surface area contributed by atoms with E-state index in [0.717, 1.165) is 44.7 Å². The van der Waals surface area contributed by atoms with Crippen molar-refractivity contribution in [3.8, 4) is 0 Å². The molecule has 23 heavy (non-hydrogen) atoms. The maximum atomic E-state index is 12.6. The number of carbonyl (C=O) groups is 1. The minimum Gasteiger partial charge on any atom is -0.338 e. The topological polar surface area (TPSA) is 56.0 Å². The van der Waals surface area contributed by atoms with Gasteiger partial charge in [-0.2, -0.15) is 5.10 Å². The van der Waals surface area contributed by atoms with Gasteiger partial charge in [0.1, 0.15) is 5.82 Å². The Balaban J connectivity index is 1.52. The lowest BCUT2D eigenvalue weighted by molar-refractivity contribution is -0.135. The van der Waals surface area contributed by atoms with Crippen molar-refractivity contribution in [1.82, 2.24) is 24.2 Å². The van der Waals surface area contributed by atoms with E-state index in [1.807, 2.05) is 36.3 Å². The zero-order valence-electron chi connectivity index (χ0n) is 13.8. The zero-order chi connectivity index (χ0) is 16.1. The molecule has 2 aromatic rings. The van der Waals surface area contributed by atoms with Crippen LogP contribution in [0, 0.1) is 6.92 Å². The van der Waals surface area contributed by atoms with Crippen molar-refractivity contribution in [1.29, 1.82) is 0 Å². The summed E-state index contributed by atoms with van der Waals surface area (Å²) in [6, 6.07) is 2.22. The van der Waals surface area contributed by atoms with Crippen LogP contribution in [0.5, 0.6) is 0 Å². The predicted octanol–water partition coefficient (Wildman–Crippen LogP) is 2.25. The highest BCUT2D eigenvalue weighted by Crippen LogP contribution is 2.20. The van der Waals surface area contributed by atoms with Gasteiger partial charge < -0.3 is 9.47 Å². The van der Waals surface area contributed by atoms with Crippen molar-refractivity contribution in [3.05, 3.63) is 36.7 Å². The SMILES string of the molecule is Cc1nccn1CCCC(=O)N1CCCC[C@H]1Cn1cccn1. The molecule has 0 radical (unpaired) electrons. The Morgan fingerprint density at radius 2 is 2.22 bits per heavy atom. The molecule has 6 nitrogen and oxygen atoms in total. The van der Waals surface area contributed by atoms with E-state index in [-0.39, 0.29) is 11.9 Å². The van der Waals surface area contributed by atoms with Gasteiger partial charge in [0, 0.05) is 44.3 Å². The molecule has 6 heteroatoms. The molecule has 0 N–H and O–H groups in total. The van der Waals surface area contributed by atoms with Gasteiger partial charge in [-0.25, -0.2) is 4.98 Å². The Hall–Kier alpha value is -2.11. The number of amides is 1. The summed E-state index contributed by atoms with van der Waals surface area (Å²) in [5.41, 5.74) is 0. The molecule has 1 amide bonds. The Bertz CT molecular complexity index is 619. The third-order valence-electron chi connectivity index (χ3n) is 4.62. The van der Waals surface area contributed by atoms with Gasteiger partial charge in [0.2, 0.25) is 5.91 Å². The molecule has 124 valence electrons. The van der Waals surface area contributed by atoms with E-state index in [1.165, 1.54) is 6.42 Å². The minimum absolute atomic E-state index is 0.277. The summed E-state index contributed by atoms with van der Waals surface area (Å²) in [7, 11) is 0. The molecular weight excluding hydrogens is 290 g/mol. The van der Waals surface area contributed by atoms with Gasteiger partial charge in [-0.15, -0.1) is 0 Å². The molecule has 0 bridgehead atoms. The number of piperidine rings is 1. The summed E-state index contributed by atoms with van der Waals surface area (Å²) in [5, 5.41) is 4.28. The van der Waals surface area contributed by atoms with E-state index in [1.54, 1.807) is 6.20 Å². The molecule has 1 aliphatic heterocycles. The first-order valence-electron chi connectivity index (χ1n) is 8.48. The average Bonchev–Trinajstić information content (AvgIpc) is 3.20. The second-order valence-electron chi connectivity index (χ2n) is 6.24. The number of rotatable bonds is 6. The molecule has 3 heterocycles. The fourth-order valence-corrected chi connectivity index (χ4v) is 3.33. The second kappa shape index (κ2) is 7.44. The summed E-state index contributed by atoms with van der Waals surface area (Å²) < 4.78 is 4.04. The molecular formula is C17H25N5O. The van der Waals surface area contributed by atoms with Crippen LogP contribution in [-0.2, 0) is 17.9 Å². The Labute approximate surface area is 137 Å². The molecule has 0 aromatic carbocycles. The van der Waals surface area contributed by atoms with E-state index < -0.39 is 0 Å². The smallest absolute Gasteiger partial charge is 0.222 e. The molecule has 0 unspecified atom stereocenters. The molecule has 2 aromatic heterocycles. The van der Waals surface area contributed by atoms with Crippen LogP contribution < -0.4 is 0 Å². The van der Waals surface area contributed by atoms with Crippen molar-refractivity contribution in [2.45, 2.75) is 58.2 Å². The number of hydrogen-bond donors (Lipinski definition) is 0. The molecule has 0 aliphatic carbocycles. The van der Waals surface area contributed by atoms with Crippen LogP contribution in [-0.4, -0.2) is 42.7 Å². The largest absolute Gasteiger partial charge is 0.338 e. The summed E-state index contributed by atoms with van der Waals surface area (Å²) in [6.07, 6.45) is 12.4. The maximum absolute atomic E-state index is 12.6. The number of aryl methyl sites for hydroxylation is 2. The highest BCUT2D eigenvalue weighted by Gasteiger charge is 2.26. The van der Waals surface area contributed by atoms with Crippen LogP contribution in [0.3, 0.4) is 0 Å². The van der Waals surface area contributed by atoms with Crippen LogP contribution >= 0.6 is 0 Å².